The second-order valence-corrected chi connectivity index (χ2v) is 5.84. The van der Waals surface area contributed by atoms with Gasteiger partial charge in [0, 0.05) is 24.5 Å². The first-order valence-electron chi connectivity index (χ1n) is 8.26. The first-order valence-corrected chi connectivity index (χ1v) is 8.26. The Balaban J connectivity index is 1.97. The number of carbonyl (C=O) groups excluding carboxylic acids is 1. The van der Waals surface area contributed by atoms with Crippen LogP contribution in [0.2, 0.25) is 0 Å². The van der Waals surface area contributed by atoms with Crippen molar-refractivity contribution >= 4 is 17.4 Å². The summed E-state index contributed by atoms with van der Waals surface area (Å²) >= 11 is 0. The molecule has 5 nitrogen and oxygen atoms in total. The van der Waals surface area contributed by atoms with Crippen molar-refractivity contribution in [2.75, 3.05) is 29.9 Å². The average Bonchev–Trinajstić information content (AvgIpc) is 2.82. The van der Waals surface area contributed by atoms with Crippen molar-refractivity contribution in [3.05, 3.63) is 24.3 Å². The highest BCUT2D eigenvalue weighted by Gasteiger charge is 2.12. The normalized spacial score (nSPS) is 16.7. The zero-order valence-electron chi connectivity index (χ0n) is 13.3. The Morgan fingerprint density at radius 2 is 2.00 bits per heavy atom. The van der Waals surface area contributed by atoms with Gasteiger partial charge in [-0.25, -0.2) is 4.79 Å². The summed E-state index contributed by atoms with van der Waals surface area (Å²) in [4.78, 5) is 14.3. The molecule has 1 atom stereocenters. The highest BCUT2D eigenvalue weighted by Crippen LogP contribution is 2.22. The summed E-state index contributed by atoms with van der Waals surface area (Å²) < 4.78 is 0. The predicted molar refractivity (Wildman–Crippen MR) is 90.4 cm³/mol. The van der Waals surface area contributed by atoms with Crippen molar-refractivity contribution < 1.29 is 9.90 Å². The number of rotatable bonds is 5. The van der Waals surface area contributed by atoms with Crippen LogP contribution in [0.4, 0.5) is 16.2 Å². The van der Waals surface area contributed by atoms with Gasteiger partial charge in [0.15, 0.2) is 0 Å². The van der Waals surface area contributed by atoms with Gasteiger partial charge in [0.1, 0.15) is 0 Å². The van der Waals surface area contributed by atoms with Crippen LogP contribution >= 0.6 is 0 Å². The van der Waals surface area contributed by atoms with E-state index in [0.29, 0.717) is 6.42 Å². The third-order valence-electron chi connectivity index (χ3n) is 4.12. The third kappa shape index (κ3) is 4.91. The van der Waals surface area contributed by atoms with Crippen molar-refractivity contribution in [1.29, 1.82) is 0 Å². The maximum Gasteiger partial charge on any atom is 0.319 e. The Labute approximate surface area is 132 Å². The topological polar surface area (TPSA) is 64.6 Å². The minimum absolute atomic E-state index is 0.0439. The lowest BCUT2D eigenvalue weighted by Gasteiger charge is -2.23. The highest BCUT2D eigenvalue weighted by molar-refractivity contribution is 5.90. The van der Waals surface area contributed by atoms with E-state index < -0.39 is 0 Å². The maximum atomic E-state index is 11.9. The summed E-state index contributed by atoms with van der Waals surface area (Å²) in [6, 6.07) is 7.50. The largest absolute Gasteiger partial charge is 0.394 e. The molecule has 2 amide bonds. The van der Waals surface area contributed by atoms with Gasteiger partial charge in [0.05, 0.1) is 12.6 Å². The number of urea groups is 1. The van der Waals surface area contributed by atoms with Crippen LogP contribution in [-0.4, -0.2) is 36.9 Å². The molecule has 1 aliphatic heterocycles. The van der Waals surface area contributed by atoms with Crippen LogP contribution in [0.1, 0.15) is 39.0 Å². The van der Waals surface area contributed by atoms with Crippen LogP contribution in [0.5, 0.6) is 0 Å². The van der Waals surface area contributed by atoms with Crippen molar-refractivity contribution in [3.63, 3.8) is 0 Å². The Hall–Kier alpha value is -1.75. The Kier molecular flexibility index (Phi) is 6.52. The molecule has 0 aromatic heterocycles. The molecule has 1 fully saturated rings. The molecule has 1 aromatic carbocycles. The number of carbonyl (C=O) groups is 1. The van der Waals surface area contributed by atoms with Gasteiger partial charge < -0.3 is 20.6 Å². The Bertz CT molecular complexity index is 467. The minimum atomic E-state index is -0.270. The van der Waals surface area contributed by atoms with Gasteiger partial charge >= 0.3 is 6.03 Å². The quantitative estimate of drug-likeness (QED) is 0.783. The average molecular weight is 305 g/mol. The van der Waals surface area contributed by atoms with E-state index in [1.165, 1.54) is 25.7 Å². The lowest BCUT2D eigenvalue weighted by atomic mass is 10.2. The zero-order valence-corrected chi connectivity index (χ0v) is 13.3. The summed E-state index contributed by atoms with van der Waals surface area (Å²) in [5.41, 5.74) is 1.95. The van der Waals surface area contributed by atoms with E-state index in [9.17, 15) is 4.79 Å². The molecule has 0 spiro atoms. The molecule has 0 bridgehead atoms. The second-order valence-electron chi connectivity index (χ2n) is 5.84. The van der Waals surface area contributed by atoms with Crippen LogP contribution in [0.25, 0.3) is 0 Å². The molecule has 0 saturated carbocycles. The molecule has 22 heavy (non-hydrogen) atoms. The van der Waals surface area contributed by atoms with E-state index in [4.69, 9.17) is 5.11 Å². The third-order valence-corrected chi connectivity index (χ3v) is 4.12. The molecule has 3 N–H and O–H groups in total. The van der Waals surface area contributed by atoms with E-state index >= 15 is 0 Å². The molecule has 1 saturated heterocycles. The number of nitrogens with zero attached hydrogens (tertiary/aromatic N) is 1. The summed E-state index contributed by atoms with van der Waals surface area (Å²) in [6.45, 7) is 4.05. The Morgan fingerprint density at radius 3 is 2.64 bits per heavy atom. The summed E-state index contributed by atoms with van der Waals surface area (Å²) in [6.07, 6.45) is 5.77. The van der Waals surface area contributed by atoms with Gasteiger partial charge in [-0.05, 0) is 37.5 Å². The summed E-state index contributed by atoms with van der Waals surface area (Å²) in [5.74, 6) is 0. The smallest absolute Gasteiger partial charge is 0.319 e. The second kappa shape index (κ2) is 8.63. The fraction of sp³-hybridized carbons (Fsp3) is 0.588. The molecule has 5 heteroatoms. The maximum absolute atomic E-state index is 11.9. The number of anilines is 2. The SMILES string of the molecule is CCC(CO)NC(=O)Nc1cccc(N2CCCCCC2)c1. The van der Waals surface area contributed by atoms with E-state index in [1.54, 1.807) is 0 Å². The fourth-order valence-corrected chi connectivity index (χ4v) is 2.74. The predicted octanol–water partition coefficient (Wildman–Crippen LogP) is 2.96. The monoisotopic (exact) mass is 305 g/mol. The zero-order chi connectivity index (χ0) is 15.8. The minimum Gasteiger partial charge on any atom is -0.394 e. The number of benzene rings is 1. The number of aliphatic hydroxyl groups is 1. The van der Waals surface area contributed by atoms with Gasteiger partial charge in [0.25, 0.3) is 0 Å². The number of aliphatic hydroxyl groups excluding tert-OH is 1. The van der Waals surface area contributed by atoms with Gasteiger partial charge in [0.2, 0.25) is 0 Å². The molecule has 1 aliphatic rings. The standard InChI is InChI=1S/C17H27N3O2/c1-2-14(13-21)18-17(22)19-15-8-7-9-16(12-15)20-10-5-3-4-6-11-20/h7-9,12,14,21H,2-6,10-11,13H2,1H3,(H2,18,19,22). The fourth-order valence-electron chi connectivity index (χ4n) is 2.74. The van der Waals surface area contributed by atoms with Gasteiger partial charge in [-0.15, -0.1) is 0 Å². The van der Waals surface area contributed by atoms with Gasteiger partial charge in [-0.3, -0.25) is 0 Å². The molecular weight excluding hydrogens is 278 g/mol. The molecule has 1 unspecified atom stereocenters. The van der Waals surface area contributed by atoms with Crippen LogP contribution in [0, 0.1) is 0 Å². The summed E-state index contributed by atoms with van der Waals surface area (Å²) in [5, 5.41) is 14.7. The highest BCUT2D eigenvalue weighted by atomic mass is 16.3. The number of nitrogens with one attached hydrogen (secondary N) is 2. The van der Waals surface area contributed by atoms with Crippen molar-refractivity contribution in [3.8, 4) is 0 Å². The number of hydrogen-bond acceptors (Lipinski definition) is 3. The molecule has 1 heterocycles. The van der Waals surface area contributed by atoms with Crippen LogP contribution in [0.3, 0.4) is 0 Å². The first kappa shape index (κ1) is 16.6. The first-order chi connectivity index (χ1) is 10.7. The van der Waals surface area contributed by atoms with Crippen LogP contribution in [-0.2, 0) is 0 Å². The van der Waals surface area contributed by atoms with Crippen molar-refractivity contribution in [1.82, 2.24) is 5.32 Å². The summed E-state index contributed by atoms with van der Waals surface area (Å²) in [7, 11) is 0. The molecule has 0 aliphatic carbocycles. The van der Waals surface area contributed by atoms with E-state index in [2.05, 4.69) is 21.6 Å². The van der Waals surface area contributed by atoms with E-state index in [0.717, 1.165) is 24.5 Å². The lowest BCUT2D eigenvalue weighted by molar-refractivity contribution is 0.222. The van der Waals surface area contributed by atoms with Crippen molar-refractivity contribution in [2.45, 2.75) is 45.1 Å². The van der Waals surface area contributed by atoms with Gasteiger partial charge in [-0.1, -0.05) is 25.8 Å². The van der Waals surface area contributed by atoms with Crippen LogP contribution in [0.15, 0.2) is 24.3 Å². The van der Waals surface area contributed by atoms with E-state index in [-0.39, 0.29) is 18.7 Å². The Morgan fingerprint density at radius 1 is 1.27 bits per heavy atom. The lowest BCUT2D eigenvalue weighted by Crippen LogP contribution is -2.39. The van der Waals surface area contributed by atoms with Crippen molar-refractivity contribution in [2.24, 2.45) is 0 Å². The molecule has 1 aromatic rings. The number of amides is 2. The molecular formula is C17H27N3O2. The molecule has 122 valence electrons. The van der Waals surface area contributed by atoms with Crippen LogP contribution < -0.4 is 15.5 Å². The van der Waals surface area contributed by atoms with Gasteiger partial charge in [-0.2, -0.15) is 0 Å². The number of hydrogen-bond donors (Lipinski definition) is 3. The van der Waals surface area contributed by atoms with E-state index in [1.807, 2.05) is 25.1 Å². The molecule has 2 rings (SSSR count). The molecule has 0 radical (unpaired) electrons.